The minimum atomic E-state index is -0.560. The number of nitrogens with one attached hydrogen (secondary N) is 1. The third kappa shape index (κ3) is 3.98. The topological polar surface area (TPSA) is 123 Å². The molecule has 10 heteroatoms. The van der Waals surface area contributed by atoms with Crippen molar-refractivity contribution in [3.63, 3.8) is 0 Å². The van der Waals surface area contributed by atoms with Crippen LogP contribution in [0.4, 0.5) is 16.0 Å². The smallest absolute Gasteiger partial charge is 0.278 e. The Balaban J connectivity index is 1.72. The predicted octanol–water partition coefficient (Wildman–Crippen LogP) is 4.15. The standard InChI is InChI=1S/C22H18FN7OS/c1-12(2)30-20-17(11-26-22(25)28-20)27-19(21(30)31)13-7-8-16(15(23)9-13)29-32-18-6-4-3-5-14(18)10-24/h3-9,11-12,29H,1-2H3,(H2,25,26,28). The number of rotatable bonds is 5. The lowest BCUT2D eigenvalue weighted by molar-refractivity contribution is 0.593. The van der Waals surface area contributed by atoms with Gasteiger partial charge in [-0.2, -0.15) is 10.2 Å². The number of hydrogen-bond acceptors (Lipinski definition) is 8. The van der Waals surface area contributed by atoms with Gasteiger partial charge in [-0.25, -0.2) is 14.4 Å². The molecule has 0 amide bonds. The normalized spacial score (nSPS) is 11.0. The van der Waals surface area contributed by atoms with E-state index in [4.69, 9.17) is 5.73 Å². The van der Waals surface area contributed by atoms with Gasteiger partial charge in [0.15, 0.2) is 5.65 Å². The highest BCUT2D eigenvalue weighted by Crippen LogP contribution is 2.28. The van der Waals surface area contributed by atoms with E-state index >= 15 is 0 Å². The first-order valence-corrected chi connectivity index (χ1v) is 10.5. The van der Waals surface area contributed by atoms with Crippen LogP contribution in [0, 0.1) is 17.1 Å². The van der Waals surface area contributed by atoms with Gasteiger partial charge in [-0.15, -0.1) is 0 Å². The first-order valence-electron chi connectivity index (χ1n) is 9.65. The van der Waals surface area contributed by atoms with Crippen molar-refractivity contribution in [1.82, 2.24) is 19.5 Å². The molecule has 3 N–H and O–H groups in total. The molecule has 0 unspecified atom stereocenters. The van der Waals surface area contributed by atoms with Gasteiger partial charge in [-0.3, -0.25) is 9.36 Å². The molecular weight excluding hydrogens is 429 g/mol. The molecule has 8 nitrogen and oxygen atoms in total. The second kappa shape index (κ2) is 8.64. The minimum absolute atomic E-state index is 0.0396. The van der Waals surface area contributed by atoms with E-state index in [1.54, 1.807) is 30.3 Å². The number of hydrogen-bond donors (Lipinski definition) is 2. The second-order valence-corrected chi connectivity index (χ2v) is 8.02. The van der Waals surface area contributed by atoms with E-state index in [1.165, 1.54) is 22.9 Å². The summed E-state index contributed by atoms with van der Waals surface area (Å²) in [6.07, 6.45) is 1.44. The van der Waals surface area contributed by atoms with Crippen LogP contribution in [0.5, 0.6) is 0 Å². The van der Waals surface area contributed by atoms with Crippen LogP contribution < -0.4 is 16.0 Å². The fourth-order valence-corrected chi connectivity index (χ4v) is 3.94. The van der Waals surface area contributed by atoms with Crippen molar-refractivity contribution in [3.8, 4) is 17.3 Å². The van der Waals surface area contributed by atoms with Gasteiger partial charge in [0.25, 0.3) is 5.56 Å². The fraction of sp³-hybridized carbons (Fsp3) is 0.136. The number of halogens is 1. The number of aromatic nitrogens is 4. The molecule has 2 aromatic carbocycles. The average molecular weight is 447 g/mol. The second-order valence-electron chi connectivity index (χ2n) is 7.17. The molecule has 4 rings (SSSR count). The van der Waals surface area contributed by atoms with E-state index in [1.807, 2.05) is 13.8 Å². The summed E-state index contributed by atoms with van der Waals surface area (Å²) in [6, 6.07) is 13.3. The van der Waals surface area contributed by atoms with Gasteiger partial charge in [0, 0.05) is 16.5 Å². The Labute approximate surface area is 187 Å². The summed E-state index contributed by atoms with van der Waals surface area (Å²) in [6.45, 7) is 3.68. The summed E-state index contributed by atoms with van der Waals surface area (Å²) in [5.74, 6) is -0.520. The van der Waals surface area contributed by atoms with Crippen LogP contribution in [0.1, 0.15) is 25.5 Å². The maximum atomic E-state index is 14.9. The molecule has 0 saturated carbocycles. The third-order valence-corrected chi connectivity index (χ3v) is 5.59. The maximum absolute atomic E-state index is 14.9. The Morgan fingerprint density at radius 2 is 2.00 bits per heavy atom. The molecule has 2 heterocycles. The molecule has 0 atom stereocenters. The summed E-state index contributed by atoms with van der Waals surface area (Å²) >= 11 is 1.13. The van der Waals surface area contributed by atoms with Gasteiger partial charge in [0.2, 0.25) is 5.95 Å². The van der Waals surface area contributed by atoms with Gasteiger partial charge in [0.1, 0.15) is 23.1 Å². The lowest BCUT2D eigenvalue weighted by Gasteiger charge is -2.15. The monoisotopic (exact) mass is 447 g/mol. The highest BCUT2D eigenvalue weighted by molar-refractivity contribution is 8.00. The molecule has 0 radical (unpaired) electrons. The first kappa shape index (κ1) is 21.3. The summed E-state index contributed by atoms with van der Waals surface area (Å²) < 4.78 is 19.2. The van der Waals surface area contributed by atoms with E-state index in [2.05, 4.69) is 25.7 Å². The quantitative estimate of drug-likeness (QED) is 0.438. The van der Waals surface area contributed by atoms with Crippen LogP contribution in [-0.4, -0.2) is 19.5 Å². The zero-order valence-electron chi connectivity index (χ0n) is 17.2. The van der Waals surface area contributed by atoms with Gasteiger partial charge >= 0.3 is 0 Å². The molecule has 2 aromatic heterocycles. The Kier molecular flexibility index (Phi) is 5.75. The van der Waals surface area contributed by atoms with Crippen LogP contribution in [-0.2, 0) is 0 Å². The highest BCUT2D eigenvalue weighted by Gasteiger charge is 2.18. The van der Waals surface area contributed by atoms with E-state index in [0.717, 1.165) is 11.9 Å². The van der Waals surface area contributed by atoms with Crippen LogP contribution in [0.3, 0.4) is 0 Å². The van der Waals surface area contributed by atoms with E-state index in [0.29, 0.717) is 27.2 Å². The maximum Gasteiger partial charge on any atom is 0.278 e. The minimum Gasteiger partial charge on any atom is -0.368 e. The van der Waals surface area contributed by atoms with E-state index in [9.17, 15) is 14.4 Å². The lowest BCUT2D eigenvalue weighted by Crippen LogP contribution is -2.26. The van der Waals surface area contributed by atoms with Crippen LogP contribution in [0.25, 0.3) is 22.4 Å². The predicted molar refractivity (Wildman–Crippen MR) is 122 cm³/mol. The summed E-state index contributed by atoms with van der Waals surface area (Å²) in [5, 5.41) is 9.19. The van der Waals surface area contributed by atoms with Gasteiger partial charge in [-0.05, 0) is 50.1 Å². The molecule has 0 aliphatic heterocycles. The molecule has 0 saturated heterocycles. The van der Waals surface area contributed by atoms with Crippen molar-refractivity contribution in [2.75, 3.05) is 10.5 Å². The number of nitrogen functional groups attached to an aromatic ring is 1. The first-order chi connectivity index (χ1) is 15.4. The molecule has 32 heavy (non-hydrogen) atoms. The van der Waals surface area contributed by atoms with E-state index in [-0.39, 0.29) is 23.4 Å². The molecule has 160 valence electrons. The molecular formula is C22H18FN7OS. The summed E-state index contributed by atoms with van der Waals surface area (Å²) in [7, 11) is 0. The van der Waals surface area contributed by atoms with Crippen molar-refractivity contribution in [3.05, 3.63) is 70.4 Å². The van der Waals surface area contributed by atoms with Gasteiger partial charge in [0.05, 0.1) is 17.4 Å². The largest absolute Gasteiger partial charge is 0.368 e. The summed E-state index contributed by atoms with van der Waals surface area (Å²) in [4.78, 5) is 26.3. The zero-order valence-corrected chi connectivity index (χ0v) is 18.0. The van der Waals surface area contributed by atoms with E-state index < -0.39 is 11.4 Å². The zero-order chi connectivity index (χ0) is 22.8. The lowest BCUT2D eigenvalue weighted by atomic mass is 10.1. The van der Waals surface area contributed by atoms with Crippen molar-refractivity contribution in [2.24, 2.45) is 0 Å². The number of benzene rings is 2. The molecule has 4 aromatic rings. The van der Waals surface area contributed by atoms with Crippen molar-refractivity contribution in [2.45, 2.75) is 24.8 Å². The Morgan fingerprint density at radius 3 is 2.72 bits per heavy atom. The number of nitriles is 1. The average Bonchev–Trinajstić information content (AvgIpc) is 2.77. The molecule has 0 aliphatic carbocycles. The van der Waals surface area contributed by atoms with Crippen LogP contribution in [0.15, 0.2) is 58.4 Å². The molecule has 0 aliphatic rings. The van der Waals surface area contributed by atoms with Gasteiger partial charge in [-0.1, -0.05) is 18.2 Å². The highest BCUT2D eigenvalue weighted by atomic mass is 32.2. The molecule has 0 bridgehead atoms. The van der Waals surface area contributed by atoms with Crippen molar-refractivity contribution >= 4 is 34.7 Å². The number of fused-ring (bicyclic) bond motifs is 1. The number of nitrogens with zero attached hydrogens (tertiary/aromatic N) is 5. The molecule has 0 spiro atoms. The number of anilines is 2. The van der Waals surface area contributed by atoms with Crippen molar-refractivity contribution in [1.29, 1.82) is 5.26 Å². The Morgan fingerprint density at radius 1 is 1.22 bits per heavy atom. The van der Waals surface area contributed by atoms with Crippen molar-refractivity contribution < 1.29 is 4.39 Å². The Bertz CT molecular complexity index is 1430. The Hall–Kier alpha value is -3.97. The van der Waals surface area contributed by atoms with Gasteiger partial charge < -0.3 is 10.5 Å². The molecule has 0 fully saturated rings. The number of nitrogens with two attached hydrogens (primary N) is 1. The fourth-order valence-electron chi connectivity index (χ4n) is 3.18. The third-order valence-electron chi connectivity index (χ3n) is 4.69. The van der Waals surface area contributed by atoms with Crippen LogP contribution in [0.2, 0.25) is 0 Å². The van der Waals surface area contributed by atoms with Crippen LogP contribution >= 0.6 is 11.9 Å². The summed E-state index contributed by atoms with van der Waals surface area (Å²) in [5.41, 5.74) is 7.10. The SMILES string of the molecule is CC(C)n1c(=O)c(-c2ccc(NSc3ccccc3C#N)c(F)c2)nc2cnc(N)nc21.